The second-order valence-electron chi connectivity index (χ2n) is 10.8. The summed E-state index contributed by atoms with van der Waals surface area (Å²) in [6, 6.07) is 17.6. The van der Waals surface area contributed by atoms with Crippen molar-refractivity contribution in [1.29, 1.82) is 0 Å². The lowest BCUT2D eigenvalue weighted by Gasteiger charge is -2.32. The van der Waals surface area contributed by atoms with Gasteiger partial charge >= 0.3 is 0 Å². The Hall–Kier alpha value is -3.01. The van der Waals surface area contributed by atoms with E-state index in [9.17, 15) is 0 Å². The minimum Gasteiger partial charge on any atom is -0.359 e. The van der Waals surface area contributed by atoms with Crippen LogP contribution in [0.15, 0.2) is 53.5 Å². The molecule has 0 saturated carbocycles. The van der Waals surface area contributed by atoms with Gasteiger partial charge in [0.15, 0.2) is 11.6 Å². The van der Waals surface area contributed by atoms with Crippen molar-refractivity contribution in [3.8, 4) is 22.5 Å². The van der Waals surface area contributed by atoms with Gasteiger partial charge in [-0.3, -0.25) is 0 Å². The van der Waals surface area contributed by atoms with Crippen LogP contribution in [0.3, 0.4) is 0 Å². The molecule has 0 amide bonds. The number of fused-ring (bicyclic) bond motifs is 1. The van der Waals surface area contributed by atoms with E-state index >= 15 is 0 Å². The lowest BCUT2D eigenvalue weighted by Crippen LogP contribution is -2.21. The highest BCUT2D eigenvalue weighted by molar-refractivity contribution is 5.85. The van der Waals surface area contributed by atoms with Crippen molar-refractivity contribution in [2.75, 3.05) is 5.32 Å². The molecule has 1 aliphatic heterocycles. The molecule has 0 bridgehead atoms. The number of aryl methyl sites for hydroxylation is 1. The maximum Gasteiger partial charge on any atom is 0.195 e. The summed E-state index contributed by atoms with van der Waals surface area (Å²) in [5.74, 6) is 2.55. The molecule has 0 fully saturated rings. The minimum atomic E-state index is 0.135. The van der Waals surface area contributed by atoms with E-state index in [-0.39, 0.29) is 11.5 Å². The molecule has 1 aromatic heterocycles. The summed E-state index contributed by atoms with van der Waals surface area (Å²) in [5.41, 5.74) is 6.70. The van der Waals surface area contributed by atoms with Crippen LogP contribution in [0.5, 0.6) is 0 Å². The molecule has 1 unspecified atom stereocenters. The first-order valence-electron chi connectivity index (χ1n) is 12.0. The predicted molar refractivity (Wildman–Crippen MR) is 141 cm³/mol. The van der Waals surface area contributed by atoms with Gasteiger partial charge in [-0.1, -0.05) is 88.7 Å². The van der Waals surface area contributed by atoms with Crippen LogP contribution < -0.4 is 5.32 Å². The molecule has 33 heavy (non-hydrogen) atoms. The van der Waals surface area contributed by atoms with Crippen molar-refractivity contribution in [3.05, 3.63) is 59.7 Å². The monoisotopic (exact) mass is 440 g/mol. The van der Waals surface area contributed by atoms with Crippen LogP contribution in [0.4, 0.5) is 11.6 Å². The third-order valence-electron chi connectivity index (χ3n) is 6.33. The zero-order valence-electron chi connectivity index (χ0n) is 21.0. The molecule has 2 atom stereocenters. The van der Waals surface area contributed by atoms with Gasteiger partial charge in [0, 0.05) is 17.3 Å². The number of hydrogen-bond acceptors (Lipinski definition) is 4. The average molecular weight is 441 g/mol. The zero-order valence-corrected chi connectivity index (χ0v) is 21.0. The van der Waals surface area contributed by atoms with Crippen molar-refractivity contribution in [2.24, 2.45) is 16.3 Å². The van der Waals surface area contributed by atoms with Gasteiger partial charge in [0.2, 0.25) is 0 Å². The van der Waals surface area contributed by atoms with Crippen molar-refractivity contribution in [1.82, 2.24) is 9.97 Å². The van der Waals surface area contributed by atoms with Crippen molar-refractivity contribution < 1.29 is 0 Å². The highest BCUT2D eigenvalue weighted by Gasteiger charge is 2.27. The summed E-state index contributed by atoms with van der Waals surface area (Å²) in [7, 11) is 0. The smallest absolute Gasteiger partial charge is 0.195 e. The van der Waals surface area contributed by atoms with Crippen molar-refractivity contribution in [2.45, 2.75) is 66.8 Å². The minimum absolute atomic E-state index is 0.135. The van der Waals surface area contributed by atoms with E-state index in [4.69, 9.17) is 9.97 Å². The predicted octanol–water partition coefficient (Wildman–Crippen LogP) is 7.81. The molecule has 1 N–H and O–H groups in total. The van der Waals surface area contributed by atoms with Gasteiger partial charge in [0.05, 0.1) is 17.4 Å². The lowest BCUT2D eigenvalue weighted by molar-refractivity contribution is 0.280. The Morgan fingerprint density at radius 3 is 2.03 bits per heavy atom. The molecule has 0 spiro atoms. The molecule has 0 saturated heterocycles. The quantitative estimate of drug-likeness (QED) is 0.440. The molecule has 0 aliphatic carbocycles. The van der Waals surface area contributed by atoms with Crippen LogP contribution in [0.1, 0.15) is 65.0 Å². The summed E-state index contributed by atoms with van der Waals surface area (Å²) in [4.78, 5) is 14.5. The third kappa shape index (κ3) is 5.16. The summed E-state index contributed by atoms with van der Waals surface area (Å²) in [5, 5.41) is 3.41. The van der Waals surface area contributed by atoms with Gasteiger partial charge in [-0.25, -0.2) is 15.0 Å². The molecule has 4 heteroatoms. The summed E-state index contributed by atoms with van der Waals surface area (Å²) in [6.07, 6.45) is 3.06. The second kappa shape index (κ2) is 9.09. The van der Waals surface area contributed by atoms with Crippen LogP contribution in [0.2, 0.25) is 0 Å². The Bertz CT molecular complexity index is 1140. The van der Waals surface area contributed by atoms with E-state index in [1.807, 2.05) is 6.21 Å². The van der Waals surface area contributed by atoms with E-state index in [2.05, 4.69) is 107 Å². The number of benzene rings is 2. The first kappa shape index (κ1) is 23.2. The van der Waals surface area contributed by atoms with Gasteiger partial charge in [-0.05, 0) is 43.1 Å². The van der Waals surface area contributed by atoms with Crippen molar-refractivity contribution in [3.63, 3.8) is 0 Å². The Morgan fingerprint density at radius 2 is 1.45 bits per heavy atom. The number of nitrogens with zero attached hydrogens (tertiary/aromatic N) is 3. The van der Waals surface area contributed by atoms with Gasteiger partial charge < -0.3 is 5.32 Å². The van der Waals surface area contributed by atoms with Crippen LogP contribution in [0.25, 0.3) is 22.5 Å². The number of aromatic nitrogens is 2. The van der Waals surface area contributed by atoms with E-state index in [0.717, 1.165) is 28.3 Å². The zero-order chi connectivity index (χ0) is 23.8. The highest BCUT2D eigenvalue weighted by atomic mass is 15.1. The normalized spacial score (nSPS) is 16.4. The van der Waals surface area contributed by atoms with Crippen LogP contribution in [-0.4, -0.2) is 22.2 Å². The maximum absolute atomic E-state index is 5.02. The third-order valence-corrected chi connectivity index (χ3v) is 6.33. The van der Waals surface area contributed by atoms with Gasteiger partial charge in [-0.2, -0.15) is 0 Å². The van der Waals surface area contributed by atoms with Crippen molar-refractivity contribution >= 4 is 17.9 Å². The molecule has 0 radical (unpaired) electrons. The summed E-state index contributed by atoms with van der Waals surface area (Å²) < 4.78 is 0. The fourth-order valence-corrected chi connectivity index (χ4v) is 4.50. The molecule has 2 heterocycles. The molecule has 4 nitrogen and oxygen atoms in total. The topological polar surface area (TPSA) is 50.2 Å². The molecule has 2 aromatic carbocycles. The largest absolute Gasteiger partial charge is 0.359 e. The molecular formula is C29H36N4. The van der Waals surface area contributed by atoms with Gasteiger partial charge in [0.25, 0.3) is 0 Å². The van der Waals surface area contributed by atoms with Crippen LogP contribution in [0, 0.1) is 18.3 Å². The number of hydrogen-bond donors (Lipinski definition) is 1. The van der Waals surface area contributed by atoms with E-state index in [1.54, 1.807) is 0 Å². The first-order valence-corrected chi connectivity index (χ1v) is 12.0. The van der Waals surface area contributed by atoms with E-state index < -0.39 is 0 Å². The van der Waals surface area contributed by atoms with Crippen LogP contribution in [-0.2, 0) is 0 Å². The van der Waals surface area contributed by atoms with Crippen LogP contribution >= 0.6 is 0 Å². The first-order chi connectivity index (χ1) is 15.6. The SMILES string of the molecule is Cc1ccc(-c2nc3c(nc2-c2ccc([C@@H](CC(C)C)C(C)(C)C)cc2)NC(C)C=N3)cc1. The summed E-state index contributed by atoms with van der Waals surface area (Å²) >= 11 is 0. The average Bonchev–Trinajstić information content (AvgIpc) is 2.76. The Labute approximate surface area is 198 Å². The Balaban J connectivity index is 1.80. The number of rotatable bonds is 5. The lowest BCUT2D eigenvalue weighted by atomic mass is 9.72. The number of aliphatic imine (C=N–C) groups is 1. The maximum atomic E-state index is 5.02. The summed E-state index contributed by atoms with van der Waals surface area (Å²) in [6.45, 7) is 15.8. The highest BCUT2D eigenvalue weighted by Crippen LogP contribution is 2.41. The van der Waals surface area contributed by atoms with Gasteiger partial charge in [-0.15, -0.1) is 0 Å². The Morgan fingerprint density at radius 1 is 0.879 bits per heavy atom. The second-order valence-corrected chi connectivity index (χ2v) is 10.8. The fourth-order valence-electron chi connectivity index (χ4n) is 4.50. The van der Waals surface area contributed by atoms with E-state index in [1.165, 1.54) is 17.5 Å². The number of anilines is 1. The fraction of sp³-hybridized carbons (Fsp3) is 0.414. The molecular weight excluding hydrogens is 404 g/mol. The van der Waals surface area contributed by atoms with E-state index in [0.29, 0.717) is 17.7 Å². The number of nitrogens with one attached hydrogen (secondary N) is 1. The Kier molecular flexibility index (Phi) is 6.38. The van der Waals surface area contributed by atoms with Gasteiger partial charge in [0.1, 0.15) is 0 Å². The molecule has 4 rings (SSSR count). The molecule has 3 aromatic rings. The molecule has 172 valence electrons. The standard InChI is InChI=1S/C29H36N4/c1-18(2)16-24(29(5,6)7)21-12-14-23(15-13-21)26-25(22-10-8-19(3)9-11-22)32-27-28(33-26)31-20(4)17-30-27/h8-15,17-18,20,24H,16H2,1-7H3,(H,31,33)/t20?,24-/m1/s1. The molecule has 1 aliphatic rings.